The molecular weight excluding hydrogens is 402 g/mol. The van der Waals surface area contributed by atoms with E-state index in [1.165, 1.54) is 0 Å². The molecule has 2 amide bonds. The van der Waals surface area contributed by atoms with Crippen LogP contribution in [0.15, 0.2) is 36.8 Å². The summed E-state index contributed by atoms with van der Waals surface area (Å²) < 4.78 is 0. The van der Waals surface area contributed by atoms with Crippen molar-refractivity contribution in [2.45, 2.75) is 45.6 Å². The highest BCUT2D eigenvalue weighted by molar-refractivity contribution is 5.97. The van der Waals surface area contributed by atoms with Gasteiger partial charge in [-0.2, -0.15) is 0 Å². The quantitative estimate of drug-likeness (QED) is 0.648. The van der Waals surface area contributed by atoms with Gasteiger partial charge in [0.05, 0.1) is 17.4 Å². The third kappa shape index (κ3) is 3.92. The lowest BCUT2D eigenvalue weighted by Crippen LogP contribution is -2.30. The zero-order valence-electron chi connectivity index (χ0n) is 18.1. The number of amides is 2. The van der Waals surface area contributed by atoms with Crippen LogP contribution in [-0.4, -0.2) is 32.8 Å². The lowest BCUT2D eigenvalue weighted by molar-refractivity contribution is -0.118. The summed E-state index contributed by atoms with van der Waals surface area (Å²) in [7, 11) is 0. The number of anilines is 2. The predicted octanol–water partition coefficient (Wildman–Crippen LogP) is 3.60. The fourth-order valence-electron chi connectivity index (χ4n) is 3.97. The van der Waals surface area contributed by atoms with Crippen LogP contribution in [0.1, 0.15) is 49.6 Å². The Balaban J connectivity index is 1.43. The normalized spacial score (nSPS) is 17.9. The van der Waals surface area contributed by atoms with Crippen molar-refractivity contribution in [3.63, 3.8) is 0 Å². The second kappa shape index (κ2) is 8.04. The molecule has 4 heterocycles. The van der Waals surface area contributed by atoms with Crippen molar-refractivity contribution in [1.29, 1.82) is 0 Å². The van der Waals surface area contributed by atoms with Crippen LogP contribution in [0.2, 0.25) is 0 Å². The van der Waals surface area contributed by atoms with Gasteiger partial charge in [-0.3, -0.25) is 14.6 Å². The number of nitrogens with one attached hydrogen (secondary N) is 1. The lowest BCUT2D eigenvalue weighted by Gasteiger charge is -2.21. The maximum absolute atomic E-state index is 12.1. The molecule has 1 aliphatic heterocycles. The highest BCUT2D eigenvalue weighted by Crippen LogP contribution is 2.30. The number of hydrogen-bond donors (Lipinski definition) is 1. The third-order valence-electron chi connectivity index (χ3n) is 6.01. The maximum atomic E-state index is 12.1. The van der Waals surface area contributed by atoms with Gasteiger partial charge in [-0.1, -0.05) is 5.92 Å². The molecule has 160 valence electrons. The number of aromatic nitrogens is 3. The van der Waals surface area contributed by atoms with E-state index in [0.717, 1.165) is 47.0 Å². The molecule has 0 aromatic carbocycles. The third-order valence-corrected chi connectivity index (χ3v) is 6.01. The highest BCUT2D eigenvalue weighted by Gasteiger charge is 2.30. The van der Waals surface area contributed by atoms with E-state index in [0.29, 0.717) is 17.9 Å². The molecule has 1 unspecified atom stereocenters. The second-order valence-corrected chi connectivity index (χ2v) is 8.44. The summed E-state index contributed by atoms with van der Waals surface area (Å²) in [5, 5.41) is 4.68. The van der Waals surface area contributed by atoms with Crippen molar-refractivity contribution in [2.75, 3.05) is 10.2 Å². The molecule has 1 N–H and O–H groups in total. The standard InChI is InChI=1S/C25H23N5O2/c1-15-3-10-24(31)30(15)20-9-8-19(27-13-20)7-6-18-12-26-16(2)22-14-28-23(11-21(18)22)29-25(32)17-4-5-17/h8-9,11-15,17H,3-5,10H2,1-2H3,(H,28,29,32). The molecule has 7 heteroatoms. The van der Waals surface area contributed by atoms with Crippen LogP contribution in [0, 0.1) is 24.7 Å². The summed E-state index contributed by atoms with van der Waals surface area (Å²) in [5.74, 6) is 7.03. The topological polar surface area (TPSA) is 88.1 Å². The van der Waals surface area contributed by atoms with E-state index in [1.54, 1.807) is 23.5 Å². The molecule has 1 aliphatic carbocycles. The van der Waals surface area contributed by atoms with Crippen LogP contribution >= 0.6 is 0 Å². The first-order valence-corrected chi connectivity index (χ1v) is 10.9. The molecule has 1 saturated heterocycles. The van der Waals surface area contributed by atoms with Crippen LogP contribution in [0.3, 0.4) is 0 Å². The number of carbonyl (C=O) groups excluding carboxylic acids is 2. The number of fused-ring (bicyclic) bond motifs is 1. The number of hydrogen-bond acceptors (Lipinski definition) is 5. The SMILES string of the molecule is Cc1ncc(C#Cc2ccc(N3C(=O)CCC3C)cn2)c2cc(NC(=O)C3CC3)ncc12. The van der Waals surface area contributed by atoms with Crippen molar-refractivity contribution in [2.24, 2.45) is 5.92 Å². The molecule has 5 rings (SSSR count). The first kappa shape index (κ1) is 20.1. The van der Waals surface area contributed by atoms with Crippen LogP contribution in [0.5, 0.6) is 0 Å². The van der Waals surface area contributed by atoms with Gasteiger partial charge in [0.15, 0.2) is 0 Å². The Bertz CT molecular complexity index is 1290. The summed E-state index contributed by atoms with van der Waals surface area (Å²) in [6.07, 6.45) is 8.49. The first-order valence-electron chi connectivity index (χ1n) is 10.9. The average molecular weight is 425 g/mol. The molecule has 2 fully saturated rings. The first-order chi connectivity index (χ1) is 15.5. The van der Waals surface area contributed by atoms with Crippen LogP contribution in [0.25, 0.3) is 10.8 Å². The second-order valence-electron chi connectivity index (χ2n) is 8.44. The van der Waals surface area contributed by atoms with Crippen molar-refractivity contribution < 1.29 is 9.59 Å². The van der Waals surface area contributed by atoms with Crippen molar-refractivity contribution in [3.8, 4) is 11.8 Å². The summed E-state index contributed by atoms with van der Waals surface area (Å²) in [5.41, 5.74) is 3.00. The zero-order valence-corrected chi connectivity index (χ0v) is 18.1. The van der Waals surface area contributed by atoms with Crippen molar-refractivity contribution in [1.82, 2.24) is 15.0 Å². The Hall–Kier alpha value is -3.79. The van der Waals surface area contributed by atoms with Gasteiger partial charge < -0.3 is 10.2 Å². The molecule has 32 heavy (non-hydrogen) atoms. The minimum absolute atomic E-state index is 0.0188. The van der Waals surface area contributed by atoms with Crippen LogP contribution in [0.4, 0.5) is 11.5 Å². The molecule has 7 nitrogen and oxygen atoms in total. The lowest BCUT2D eigenvalue weighted by atomic mass is 10.1. The summed E-state index contributed by atoms with van der Waals surface area (Å²) >= 11 is 0. The van der Waals surface area contributed by atoms with E-state index in [1.807, 2.05) is 32.0 Å². The Labute approximate surface area is 186 Å². The molecule has 0 spiro atoms. The van der Waals surface area contributed by atoms with Gasteiger partial charge >= 0.3 is 0 Å². The van der Waals surface area contributed by atoms with Crippen LogP contribution < -0.4 is 10.2 Å². The zero-order chi connectivity index (χ0) is 22.2. The van der Waals surface area contributed by atoms with E-state index >= 15 is 0 Å². The molecular formula is C25H23N5O2. The summed E-state index contributed by atoms with van der Waals surface area (Å²) in [6, 6.07) is 5.75. The van der Waals surface area contributed by atoms with E-state index < -0.39 is 0 Å². The predicted molar refractivity (Wildman–Crippen MR) is 122 cm³/mol. The molecule has 0 bridgehead atoms. The molecule has 3 aromatic rings. The highest BCUT2D eigenvalue weighted by atomic mass is 16.2. The Morgan fingerprint density at radius 2 is 1.91 bits per heavy atom. The molecule has 1 atom stereocenters. The fraction of sp³-hybridized carbons (Fsp3) is 0.320. The molecule has 1 saturated carbocycles. The minimum Gasteiger partial charge on any atom is -0.310 e. The summed E-state index contributed by atoms with van der Waals surface area (Å²) in [4.78, 5) is 39.3. The van der Waals surface area contributed by atoms with E-state index in [2.05, 4.69) is 32.1 Å². The smallest absolute Gasteiger partial charge is 0.228 e. The van der Waals surface area contributed by atoms with Crippen LogP contribution in [-0.2, 0) is 9.59 Å². The Kier molecular flexibility index (Phi) is 5.06. The van der Waals surface area contributed by atoms with Gasteiger partial charge in [-0.25, -0.2) is 9.97 Å². The van der Waals surface area contributed by atoms with E-state index in [9.17, 15) is 9.59 Å². The fourth-order valence-corrected chi connectivity index (χ4v) is 3.97. The van der Waals surface area contributed by atoms with Crippen molar-refractivity contribution in [3.05, 3.63) is 53.7 Å². The minimum atomic E-state index is 0.0188. The number of rotatable bonds is 3. The molecule has 0 radical (unpaired) electrons. The number of nitrogens with zero attached hydrogens (tertiary/aromatic N) is 4. The number of carbonyl (C=O) groups is 2. The summed E-state index contributed by atoms with van der Waals surface area (Å²) in [6.45, 7) is 3.97. The molecule has 2 aliphatic rings. The number of aryl methyl sites for hydroxylation is 1. The van der Waals surface area contributed by atoms with Gasteiger partial charge in [0, 0.05) is 47.2 Å². The van der Waals surface area contributed by atoms with E-state index in [-0.39, 0.29) is 23.8 Å². The monoisotopic (exact) mass is 425 g/mol. The van der Waals surface area contributed by atoms with Crippen molar-refractivity contribution >= 4 is 34.1 Å². The van der Waals surface area contributed by atoms with Gasteiger partial charge in [0.2, 0.25) is 11.8 Å². The van der Waals surface area contributed by atoms with Gasteiger partial charge in [-0.05, 0) is 57.2 Å². The largest absolute Gasteiger partial charge is 0.310 e. The van der Waals surface area contributed by atoms with Gasteiger partial charge in [-0.15, -0.1) is 0 Å². The van der Waals surface area contributed by atoms with Gasteiger partial charge in [0.1, 0.15) is 11.5 Å². The average Bonchev–Trinajstić information content (AvgIpc) is 3.59. The number of pyridine rings is 3. The maximum Gasteiger partial charge on any atom is 0.228 e. The molecule has 3 aromatic heterocycles. The Morgan fingerprint density at radius 3 is 2.59 bits per heavy atom. The Morgan fingerprint density at radius 1 is 1.06 bits per heavy atom. The van der Waals surface area contributed by atoms with Gasteiger partial charge in [0.25, 0.3) is 0 Å². The van der Waals surface area contributed by atoms with E-state index in [4.69, 9.17) is 0 Å².